The number of hydrogen-bond donors (Lipinski definition) is 0. The topological polar surface area (TPSA) is 22.8 Å². The number of aromatic nitrogens is 3. The first-order valence-electron chi connectivity index (χ1n) is 12.9. The van der Waals surface area contributed by atoms with Gasteiger partial charge in [0, 0.05) is 34.2 Å². The van der Waals surface area contributed by atoms with Crippen LogP contribution in [0.3, 0.4) is 0 Å². The Balaban J connectivity index is 1.31. The molecule has 0 aliphatic heterocycles. The maximum Gasteiger partial charge on any atom is 0.137 e. The Morgan fingerprint density at radius 2 is 1.29 bits per heavy atom. The van der Waals surface area contributed by atoms with E-state index in [-0.39, 0.29) is 0 Å². The van der Waals surface area contributed by atoms with Gasteiger partial charge in [-0.25, -0.2) is 4.98 Å². The Morgan fingerprint density at radius 1 is 0.500 bits per heavy atom. The molecule has 178 valence electrons. The van der Waals surface area contributed by atoms with Crippen molar-refractivity contribution in [3.63, 3.8) is 0 Å². The predicted octanol–water partition coefficient (Wildman–Crippen LogP) is 8.94. The fraction of sp³-hybridized carbons (Fsp3) is 0. The van der Waals surface area contributed by atoms with Gasteiger partial charge in [-0.05, 0) is 70.4 Å². The molecule has 0 amide bonds. The number of pyridine rings is 1. The summed E-state index contributed by atoms with van der Waals surface area (Å²) in [4.78, 5) is 4.73. The lowest BCUT2D eigenvalue weighted by Crippen LogP contribution is -1.96. The molecule has 3 nitrogen and oxygen atoms in total. The lowest BCUT2D eigenvalue weighted by molar-refractivity contribution is 1.08. The van der Waals surface area contributed by atoms with Gasteiger partial charge in [0.2, 0.25) is 0 Å². The van der Waals surface area contributed by atoms with Crippen LogP contribution in [0.4, 0.5) is 0 Å². The van der Waals surface area contributed by atoms with Crippen molar-refractivity contribution in [3.8, 4) is 22.6 Å². The van der Waals surface area contributed by atoms with Gasteiger partial charge in [0.15, 0.2) is 0 Å². The molecule has 8 rings (SSSR count). The molecule has 0 bridgehead atoms. The smallest absolute Gasteiger partial charge is 0.137 e. The van der Waals surface area contributed by atoms with Gasteiger partial charge < -0.3 is 4.57 Å². The van der Waals surface area contributed by atoms with E-state index in [2.05, 4.69) is 137 Å². The summed E-state index contributed by atoms with van der Waals surface area (Å²) in [5.41, 5.74) is 7.14. The van der Waals surface area contributed by atoms with Crippen molar-refractivity contribution < 1.29 is 0 Å². The van der Waals surface area contributed by atoms with E-state index >= 15 is 0 Å². The minimum atomic E-state index is 0.930. The fourth-order valence-corrected chi connectivity index (χ4v) is 5.81. The van der Waals surface area contributed by atoms with Gasteiger partial charge in [-0.1, -0.05) is 78.9 Å². The van der Waals surface area contributed by atoms with E-state index in [1.807, 2.05) is 12.3 Å². The highest BCUT2D eigenvalue weighted by atomic mass is 15.1. The first-order valence-corrected chi connectivity index (χ1v) is 12.9. The van der Waals surface area contributed by atoms with Gasteiger partial charge in [0.1, 0.15) is 5.82 Å². The highest BCUT2D eigenvalue weighted by Crippen LogP contribution is 2.38. The maximum absolute atomic E-state index is 4.73. The number of nitrogens with zero attached hydrogens (tertiary/aromatic N) is 3. The molecule has 38 heavy (non-hydrogen) atoms. The molecule has 0 aliphatic rings. The van der Waals surface area contributed by atoms with Gasteiger partial charge >= 0.3 is 0 Å². The van der Waals surface area contributed by atoms with E-state index in [9.17, 15) is 0 Å². The zero-order chi connectivity index (χ0) is 25.1. The van der Waals surface area contributed by atoms with Crippen molar-refractivity contribution in [2.24, 2.45) is 0 Å². The van der Waals surface area contributed by atoms with Crippen molar-refractivity contribution in [1.29, 1.82) is 0 Å². The average molecular weight is 486 g/mol. The molecule has 0 N–H and O–H groups in total. The predicted molar refractivity (Wildman–Crippen MR) is 158 cm³/mol. The second kappa shape index (κ2) is 8.19. The monoisotopic (exact) mass is 485 g/mol. The van der Waals surface area contributed by atoms with Crippen molar-refractivity contribution in [1.82, 2.24) is 14.1 Å². The standard InChI is InChI=1S/C35H23N3/c1-3-9-29-25(7-1)14-18-30-31-23-27(15-19-33(31)38(35(29)30)34-11-5-6-21-36-34)24-12-16-28(17-13-24)37-22-20-26-8-2-4-10-32(26)37/h1-23H. The maximum atomic E-state index is 4.73. The summed E-state index contributed by atoms with van der Waals surface area (Å²) in [6.07, 6.45) is 4.00. The first-order chi connectivity index (χ1) is 18.8. The van der Waals surface area contributed by atoms with Crippen LogP contribution in [0.5, 0.6) is 0 Å². The van der Waals surface area contributed by atoms with Crippen LogP contribution < -0.4 is 0 Å². The Hall–Kier alpha value is -5.15. The summed E-state index contributed by atoms with van der Waals surface area (Å²) < 4.78 is 4.55. The SMILES string of the molecule is c1ccc(-n2c3ccc(-c4ccc(-n5ccc6ccccc65)cc4)cc3c3ccc4ccccc4c32)nc1. The normalized spacial score (nSPS) is 11.7. The minimum Gasteiger partial charge on any atom is -0.317 e. The number of benzene rings is 5. The van der Waals surface area contributed by atoms with Crippen LogP contribution in [0.15, 0.2) is 140 Å². The summed E-state index contributed by atoms with van der Waals surface area (Å²) in [5.74, 6) is 0.930. The first kappa shape index (κ1) is 21.0. The molecular formula is C35H23N3. The molecule has 0 unspecified atom stereocenters. The largest absolute Gasteiger partial charge is 0.317 e. The highest BCUT2D eigenvalue weighted by molar-refractivity contribution is 6.19. The quantitative estimate of drug-likeness (QED) is 0.245. The second-order valence-corrected chi connectivity index (χ2v) is 9.73. The lowest BCUT2D eigenvalue weighted by Gasteiger charge is -2.09. The van der Waals surface area contributed by atoms with Crippen LogP contribution >= 0.6 is 0 Å². The van der Waals surface area contributed by atoms with Crippen LogP contribution in [0.1, 0.15) is 0 Å². The molecule has 0 saturated heterocycles. The molecule has 0 saturated carbocycles. The molecule has 5 aromatic carbocycles. The number of fused-ring (bicyclic) bond motifs is 6. The van der Waals surface area contributed by atoms with Gasteiger partial charge in [0.25, 0.3) is 0 Å². The van der Waals surface area contributed by atoms with E-state index in [1.54, 1.807) is 0 Å². The lowest BCUT2D eigenvalue weighted by atomic mass is 10.0. The number of para-hydroxylation sites is 1. The zero-order valence-electron chi connectivity index (χ0n) is 20.6. The minimum absolute atomic E-state index is 0.930. The van der Waals surface area contributed by atoms with E-state index < -0.39 is 0 Å². The third-order valence-electron chi connectivity index (χ3n) is 7.61. The van der Waals surface area contributed by atoms with Gasteiger partial charge in [0.05, 0.1) is 16.6 Å². The summed E-state index contributed by atoms with van der Waals surface area (Å²) in [6.45, 7) is 0. The van der Waals surface area contributed by atoms with Crippen molar-refractivity contribution in [3.05, 3.63) is 140 Å². The van der Waals surface area contributed by atoms with Gasteiger partial charge in [-0.3, -0.25) is 4.57 Å². The van der Waals surface area contributed by atoms with Crippen LogP contribution in [-0.2, 0) is 0 Å². The Bertz CT molecular complexity index is 2110. The molecule has 0 fully saturated rings. The molecule has 0 aliphatic carbocycles. The molecule has 0 atom stereocenters. The molecule has 3 heteroatoms. The molecule has 0 radical (unpaired) electrons. The molecular weight excluding hydrogens is 462 g/mol. The van der Waals surface area contributed by atoms with E-state index in [1.165, 1.54) is 49.1 Å². The number of rotatable bonds is 3. The van der Waals surface area contributed by atoms with Gasteiger partial charge in [-0.2, -0.15) is 0 Å². The summed E-state index contributed by atoms with van der Waals surface area (Å²) >= 11 is 0. The van der Waals surface area contributed by atoms with E-state index in [0.717, 1.165) is 17.0 Å². The highest BCUT2D eigenvalue weighted by Gasteiger charge is 2.16. The third-order valence-corrected chi connectivity index (χ3v) is 7.61. The number of hydrogen-bond acceptors (Lipinski definition) is 1. The van der Waals surface area contributed by atoms with Crippen LogP contribution in [0.25, 0.3) is 66.1 Å². The van der Waals surface area contributed by atoms with Crippen molar-refractivity contribution in [2.75, 3.05) is 0 Å². The average Bonchev–Trinajstić information content (AvgIpc) is 3.57. The van der Waals surface area contributed by atoms with Crippen molar-refractivity contribution >= 4 is 43.5 Å². The second-order valence-electron chi connectivity index (χ2n) is 9.73. The molecule has 8 aromatic rings. The molecule has 3 heterocycles. The fourth-order valence-electron chi connectivity index (χ4n) is 5.81. The molecule has 3 aromatic heterocycles. The Morgan fingerprint density at radius 3 is 2.16 bits per heavy atom. The van der Waals surface area contributed by atoms with Gasteiger partial charge in [-0.15, -0.1) is 0 Å². The van der Waals surface area contributed by atoms with Crippen LogP contribution in [0, 0.1) is 0 Å². The van der Waals surface area contributed by atoms with Crippen molar-refractivity contribution in [2.45, 2.75) is 0 Å². The zero-order valence-corrected chi connectivity index (χ0v) is 20.6. The van der Waals surface area contributed by atoms with E-state index in [0.29, 0.717) is 0 Å². The van der Waals surface area contributed by atoms with Crippen LogP contribution in [-0.4, -0.2) is 14.1 Å². The Labute approximate surface area is 219 Å². The molecule has 0 spiro atoms. The summed E-state index contributed by atoms with van der Waals surface area (Å²) in [6, 6.07) is 45.5. The summed E-state index contributed by atoms with van der Waals surface area (Å²) in [7, 11) is 0. The summed E-state index contributed by atoms with van der Waals surface area (Å²) in [5, 5.41) is 6.18. The van der Waals surface area contributed by atoms with E-state index in [4.69, 9.17) is 4.98 Å². The van der Waals surface area contributed by atoms with Crippen LogP contribution in [0.2, 0.25) is 0 Å². The Kier molecular flexibility index (Phi) is 4.52. The third kappa shape index (κ3) is 3.12.